The van der Waals surface area contributed by atoms with Gasteiger partial charge in [-0.1, -0.05) is 0 Å². The zero-order valence-electron chi connectivity index (χ0n) is 6.02. The Morgan fingerprint density at radius 1 is 1.75 bits per heavy atom. The van der Waals surface area contributed by atoms with Gasteiger partial charge < -0.3 is 10.5 Å². The summed E-state index contributed by atoms with van der Waals surface area (Å²) in [6, 6.07) is 4.56. The number of nitrogens with two attached hydrogens (primary N) is 1. The summed E-state index contributed by atoms with van der Waals surface area (Å²) in [6.45, 7) is 0. The van der Waals surface area contributed by atoms with E-state index in [1.165, 1.54) is 18.3 Å². The summed E-state index contributed by atoms with van der Waals surface area (Å²) in [4.78, 5) is 13.9. The van der Waals surface area contributed by atoms with E-state index in [4.69, 9.17) is 11.0 Å². The van der Waals surface area contributed by atoms with Gasteiger partial charge in [-0.25, -0.2) is 9.78 Å². The van der Waals surface area contributed by atoms with E-state index in [1.54, 1.807) is 6.07 Å². The van der Waals surface area contributed by atoms with Crippen LogP contribution in [0.3, 0.4) is 0 Å². The van der Waals surface area contributed by atoms with Gasteiger partial charge in [0, 0.05) is 12.3 Å². The van der Waals surface area contributed by atoms with E-state index in [2.05, 4.69) is 9.72 Å². The van der Waals surface area contributed by atoms with Crippen molar-refractivity contribution in [1.29, 1.82) is 5.26 Å². The van der Waals surface area contributed by atoms with Crippen LogP contribution >= 0.6 is 0 Å². The molecule has 0 bridgehead atoms. The van der Waals surface area contributed by atoms with Crippen LogP contribution < -0.4 is 10.5 Å². The number of carbonyl (C=O) groups excluding carboxylic acids is 1. The first kappa shape index (κ1) is 8.01. The third-order valence-electron chi connectivity index (χ3n) is 1.06. The minimum atomic E-state index is -0.912. The summed E-state index contributed by atoms with van der Waals surface area (Å²) in [7, 11) is 0. The first-order valence-corrected chi connectivity index (χ1v) is 3.06. The van der Waals surface area contributed by atoms with Crippen LogP contribution in [0.25, 0.3) is 0 Å². The predicted octanol–water partition coefficient (Wildman–Crippen LogP) is 0.411. The molecular weight excluding hydrogens is 158 g/mol. The van der Waals surface area contributed by atoms with Crippen molar-refractivity contribution in [3.8, 4) is 11.8 Å². The van der Waals surface area contributed by atoms with Crippen molar-refractivity contribution in [2.75, 3.05) is 0 Å². The lowest BCUT2D eigenvalue weighted by molar-refractivity contribution is 0.211. The van der Waals surface area contributed by atoms with E-state index in [-0.39, 0.29) is 11.4 Å². The minimum absolute atomic E-state index is 0.175. The highest BCUT2D eigenvalue weighted by molar-refractivity contribution is 5.68. The molecule has 2 N–H and O–H groups in total. The standard InChI is InChI=1S/C7H5N3O2/c8-4-5-3-6(1-2-10-5)12-7(9)11/h1-3H,(H2,9,11). The minimum Gasteiger partial charge on any atom is -0.410 e. The highest BCUT2D eigenvalue weighted by atomic mass is 16.5. The second-order valence-electron chi connectivity index (χ2n) is 1.91. The lowest BCUT2D eigenvalue weighted by Crippen LogP contribution is -2.16. The highest BCUT2D eigenvalue weighted by Crippen LogP contribution is 2.09. The topological polar surface area (TPSA) is 89.0 Å². The maximum atomic E-state index is 10.3. The van der Waals surface area contributed by atoms with Gasteiger partial charge in [-0.05, 0) is 6.07 Å². The molecule has 0 aliphatic heterocycles. The average Bonchev–Trinajstić information content (AvgIpc) is 2.03. The second-order valence-corrected chi connectivity index (χ2v) is 1.91. The van der Waals surface area contributed by atoms with Crippen LogP contribution in [0.4, 0.5) is 4.79 Å². The maximum Gasteiger partial charge on any atom is 0.409 e. The number of nitrogens with zero attached hydrogens (tertiary/aromatic N) is 2. The zero-order chi connectivity index (χ0) is 8.97. The SMILES string of the molecule is N#Cc1cc(OC(N)=O)ccn1. The number of ether oxygens (including phenoxy) is 1. The van der Waals surface area contributed by atoms with Crippen molar-refractivity contribution in [2.24, 2.45) is 5.73 Å². The molecule has 12 heavy (non-hydrogen) atoms. The lowest BCUT2D eigenvalue weighted by atomic mass is 10.3. The molecule has 0 saturated heterocycles. The molecular formula is C7H5N3O2. The van der Waals surface area contributed by atoms with Gasteiger partial charge in [0.15, 0.2) is 0 Å². The molecule has 0 unspecified atom stereocenters. The van der Waals surface area contributed by atoms with Crippen LogP contribution in [0.1, 0.15) is 5.69 Å². The Morgan fingerprint density at radius 2 is 2.50 bits per heavy atom. The smallest absolute Gasteiger partial charge is 0.409 e. The van der Waals surface area contributed by atoms with E-state index in [0.29, 0.717) is 0 Å². The Kier molecular flexibility index (Phi) is 2.23. The Bertz CT molecular complexity index is 343. The summed E-state index contributed by atoms with van der Waals surface area (Å²) in [5.41, 5.74) is 4.93. The molecule has 1 heterocycles. The lowest BCUT2D eigenvalue weighted by Gasteiger charge is -1.98. The third-order valence-corrected chi connectivity index (χ3v) is 1.06. The van der Waals surface area contributed by atoms with Crippen molar-refractivity contribution in [3.05, 3.63) is 24.0 Å². The van der Waals surface area contributed by atoms with Crippen molar-refractivity contribution in [1.82, 2.24) is 4.98 Å². The molecule has 1 amide bonds. The van der Waals surface area contributed by atoms with Gasteiger partial charge in [0.25, 0.3) is 0 Å². The highest BCUT2D eigenvalue weighted by Gasteiger charge is 1.99. The van der Waals surface area contributed by atoms with Crippen LogP contribution in [0.5, 0.6) is 5.75 Å². The number of hydrogen-bond acceptors (Lipinski definition) is 4. The number of amides is 1. The molecule has 0 aliphatic rings. The van der Waals surface area contributed by atoms with E-state index >= 15 is 0 Å². The Balaban J connectivity index is 2.88. The van der Waals surface area contributed by atoms with Crippen LogP contribution in [0.15, 0.2) is 18.3 Å². The number of pyridine rings is 1. The third kappa shape index (κ3) is 1.95. The molecule has 0 atom stereocenters. The van der Waals surface area contributed by atoms with Gasteiger partial charge in [0.2, 0.25) is 0 Å². The van der Waals surface area contributed by atoms with Crippen LogP contribution in [-0.4, -0.2) is 11.1 Å². The predicted molar refractivity (Wildman–Crippen MR) is 39.2 cm³/mol. The van der Waals surface area contributed by atoms with Crippen molar-refractivity contribution in [2.45, 2.75) is 0 Å². The first-order chi connectivity index (χ1) is 5.72. The van der Waals surface area contributed by atoms with Gasteiger partial charge in [-0.3, -0.25) is 0 Å². The van der Waals surface area contributed by atoms with Crippen LogP contribution in [-0.2, 0) is 0 Å². The van der Waals surface area contributed by atoms with Crippen molar-refractivity contribution in [3.63, 3.8) is 0 Å². The van der Waals surface area contributed by atoms with E-state index in [0.717, 1.165) is 0 Å². The van der Waals surface area contributed by atoms with Gasteiger partial charge in [-0.15, -0.1) is 0 Å². The molecule has 0 aromatic carbocycles. The van der Waals surface area contributed by atoms with E-state index < -0.39 is 6.09 Å². The van der Waals surface area contributed by atoms with E-state index in [9.17, 15) is 4.79 Å². The monoisotopic (exact) mass is 163 g/mol. The summed E-state index contributed by atoms with van der Waals surface area (Å²) in [6.07, 6.45) is 0.446. The Morgan fingerprint density at radius 3 is 3.08 bits per heavy atom. The van der Waals surface area contributed by atoms with Crippen LogP contribution in [0, 0.1) is 11.3 Å². The fourth-order valence-electron chi connectivity index (χ4n) is 0.652. The number of rotatable bonds is 1. The number of carbonyl (C=O) groups is 1. The van der Waals surface area contributed by atoms with Crippen LogP contribution in [0.2, 0.25) is 0 Å². The molecule has 1 aromatic heterocycles. The Hall–Kier alpha value is -2.09. The molecule has 1 aromatic rings. The number of aromatic nitrogens is 1. The van der Waals surface area contributed by atoms with E-state index in [1.807, 2.05) is 0 Å². The van der Waals surface area contributed by atoms with Gasteiger partial charge in [0.05, 0.1) is 0 Å². The summed E-state index contributed by atoms with van der Waals surface area (Å²) < 4.78 is 4.50. The fourth-order valence-corrected chi connectivity index (χ4v) is 0.652. The summed E-state index contributed by atoms with van der Waals surface area (Å²) in [5.74, 6) is 0.217. The average molecular weight is 163 g/mol. The molecule has 0 fully saturated rings. The molecule has 5 nitrogen and oxygen atoms in total. The summed E-state index contributed by atoms with van der Waals surface area (Å²) in [5, 5.41) is 8.41. The zero-order valence-corrected chi connectivity index (χ0v) is 6.02. The molecule has 0 aliphatic carbocycles. The largest absolute Gasteiger partial charge is 0.410 e. The number of hydrogen-bond donors (Lipinski definition) is 1. The fraction of sp³-hybridized carbons (Fsp3) is 0. The Labute approximate surface area is 68.4 Å². The molecule has 1 rings (SSSR count). The molecule has 0 spiro atoms. The number of primary amides is 1. The maximum absolute atomic E-state index is 10.3. The normalized spacial score (nSPS) is 8.58. The number of nitriles is 1. The van der Waals surface area contributed by atoms with Crippen molar-refractivity contribution < 1.29 is 9.53 Å². The first-order valence-electron chi connectivity index (χ1n) is 3.06. The molecule has 0 saturated carbocycles. The second kappa shape index (κ2) is 3.34. The van der Waals surface area contributed by atoms with Gasteiger partial charge in [-0.2, -0.15) is 5.26 Å². The molecule has 0 radical (unpaired) electrons. The molecule has 5 heteroatoms. The molecule has 60 valence electrons. The van der Waals surface area contributed by atoms with Crippen molar-refractivity contribution >= 4 is 6.09 Å². The summed E-state index contributed by atoms with van der Waals surface area (Å²) >= 11 is 0. The quantitative estimate of drug-likeness (QED) is 0.649. The van der Waals surface area contributed by atoms with Gasteiger partial charge in [0.1, 0.15) is 17.5 Å². The van der Waals surface area contributed by atoms with Gasteiger partial charge >= 0.3 is 6.09 Å².